The zero-order valence-electron chi connectivity index (χ0n) is 12.2. The molecule has 0 bridgehead atoms. The van der Waals surface area contributed by atoms with Crippen LogP contribution in [-0.2, 0) is 16.2 Å². The van der Waals surface area contributed by atoms with E-state index in [1.807, 2.05) is 36.4 Å². The zero-order chi connectivity index (χ0) is 15.8. The van der Waals surface area contributed by atoms with Gasteiger partial charge in [0, 0.05) is 0 Å². The number of benzene rings is 2. The maximum absolute atomic E-state index is 11.8. The van der Waals surface area contributed by atoms with Gasteiger partial charge in [0.25, 0.3) is 5.91 Å². The fraction of sp³-hybridized carbons (Fsp3) is 0.176. The van der Waals surface area contributed by atoms with Crippen molar-refractivity contribution in [1.29, 1.82) is 5.26 Å². The first-order valence-corrected chi connectivity index (χ1v) is 6.81. The summed E-state index contributed by atoms with van der Waals surface area (Å²) in [5.74, 6) is 0.144. The Balaban J connectivity index is 1.78. The van der Waals surface area contributed by atoms with Crippen LogP contribution in [-0.4, -0.2) is 12.0 Å². The molecule has 0 heterocycles. The Kier molecular flexibility index (Phi) is 5.52. The number of nitrogens with one attached hydrogen (secondary N) is 1. The molecular formula is C17H16N2O3. The molecule has 2 aromatic rings. The molecule has 0 aliphatic heterocycles. The summed E-state index contributed by atoms with van der Waals surface area (Å²) in [6.45, 7) is 1.91. The van der Waals surface area contributed by atoms with E-state index < -0.39 is 6.10 Å². The van der Waals surface area contributed by atoms with Gasteiger partial charge in [0.2, 0.25) is 0 Å². The summed E-state index contributed by atoms with van der Waals surface area (Å²) in [4.78, 5) is 17.0. The lowest BCUT2D eigenvalue weighted by Gasteiger charge is -2.14. The summed E-state index contributed by atoms with van der Waals surface area (Å²) in [7, 11) is 0. The van der Waals surface area contributed by atoms with Crippen molar-refractivity contribution in [3.05, 3.63) is 65.7 Å². The van der Waals surface area contributed by atoms with E-state index in [1.54, 1.807) is 31.2 Å². The van der Waals surface area contributed by atoms with Crippen LogP contribution in [0.4, 0.5) is 0 Å². The van der Waals surface area contributed by atoms with Gasteiger partial charge in [-0.3, -0.25) is 9.63 Å². The van der Waals surface area contributed by atoms with Crippen LogP contribution in [0, 0.1) is 11.3 Å². The predicted octanol–water partition coefficient (Wildman–Crippen LogP) is 2.57. The fourth-order valence-electron chi connectivity index (χ4n) is 1.71. The van der Waals surface area contributed by atoms with E-state index in [0.717, 1.165) is 5.56 Å². The minimum atomic E-state index is -0.705. The summed E-state index contributed by atoms with van der Waals surface area (Å²) >= 11 is 0. The van der Waals surface area contributed by atoms with E-state index in [4.69, 9.17) is 14.8 Å². The molecule has 2 rings (SSSR count). The van der Waals surface area contributed by atoms with Crippen LogP contribution < -0.4 is 10.2 Å². The summed E-state index contributed by atoms with van der Waals surface area (Å²) in [5, 5.41) is 8.72. The monoisotopic (exact) mass is 296 g/mol. The molecule has 0 saturated heterocycles. The predicted molar refractivity (Wildman–Crippen MR) is 80.6 cm³/mol. The van der Waals surface area contributed by atoms with Crippen molar-refractivity contribution in [2.75, 3.05) is 0 Å². The molecule has 1 unspecified atom stereocenters. The number of amides is 1. The molecular weight excluding hydrogens is 280 g/mol. The highest BCUT2D eigenvalue weighted by molar-refractivity contribution is 5.79. The Hall–Kier alpha value is -2.84. The maximum Gasteiger partial charge on any atom is 0.284 e. The van der Waals surface area contributed by atoms with E-state index in [9.17, 15) is 4.79 Å². The van der Waals surface area contributed by atoms with Crippen LogP contribution in [0.2, 0.25) is 0 Å². The van der Waals surface area contributed by atoms with Gasteiger partial charge in [-0.15, -0.1) is 0 Å². The molecule has 1 amide bonds. The molecule has 0 fully saturated rings. The SMILES string of the molecule is CC(Oc1ccc(C#N)cc1)C(=O)NOCc1ccccc1. The minimum absolute atomic E-state index is 0.288. The Bertz CT molecular complexity index is 648. The van der Waals surface area contributed by atoms with E-state index in [0.29, 0.717) is 11.3 Å². The molecule has 0 aromatic heterocycles. The second-order valence-electron chi connectivity index (χ2n) is 4.64. The van der Waals surface area contributed by atoms with Gasteiger partial charge in [-0.2, -0.15) is 5.26 Å². The maximum atomic E-state index is 11.8. The van der Waals surface area contributed by atoms with Crippen molar-refractivity contribution >= 4 is 5.91 Å². The summed E-state index contributed by atoms with van der Waals surface area (Å²) in [6.07, 6.45) is -0.705. The molecule has 1 atom stereocenters. The highest BCUT2D eigenvalue weighted by Gasteiger charge is 2.14. The number of carbonyl (C=O) groups is 1. The van der Waals surface area contributed by atoms with E-state index in [2.05, 4.69) is 5.48 Å². The number of hydrogen-bond acceptors (Lipinski definition) is 4. The van der Waals surface area contributed by atoms with Crippen molar-refractivity contribution in [1.82, 2.24) is 5.48 Å². The third kappa shape index (κ3) is 4.62. The lowest BCUT2D eigenvalue weighted by atomic mass is 10.2. The molecule has 0 aliphatic carbocycles. The first-order valence-electron chi connectivity index (χ1n) is 6.81. The van der Waals surface area contributed by atoms with Crippen LogP contribution in [0.3, 0.4) is 0 Å². The van der Waals surface area contributed by atoms with Gasteiger partial charge < -0.3 is 4.74 Å². The average molecular weight is 296 g/mol. The van der Waals surface area contributed by atoms with Gasteiger partial charge in [0.1, 0.15) is 5.75 Å². The molecule has 5 heteroatoms. The number of nitrogens with zero attached hydrogens (tertiary/aromatic N) is 1. The van der Waals surface area contributed by atoms with Crippen molar-refractivity contribution < 1.29 is 14.4 Å². The third-order valence-electron chi connectivity index (χ3n) is 2.92. The number of ether oxygens (including phenoxy) is 1. The lowest BCUT2D eigenvalue weighted by molar-refractivity contribution is -0.141. The molecule has 0 radical (unpaired) electrons. The number of hydroxylamine groups is 1. The fourth-order valence-corrected chi connectivity index (χ4v) is 1.71. The second-order valence-corrected chi connectivity index (χ2v) is 4.64. The third-order valence-corrected chi connectivity index (χ3v) is 2.92. The number of hydrogen-bond donors (Lipinski definition) is 1. The topological polar surface area (TPSA) is 71.3 Å². The highest BCUT2D eigenvalue weighted by atomic mass is 16.7. The Morgan fingerprint density at radius 1 is 1.18 bits per heavy atom. The molecule has 112 valence electrons. The van der Waals surface area contributed by atoms with Crippen LogP contribution in [0.15, 0.2) is 54.6 Å². The van der Waals surface area contributed by atoms with Crippen molar-refractivity contribution in [3.8, 4) is 11.8 Å². The normalized spacial score (nSPS) is 11.3. The molecule has 22 heavy (non-hydrogen) atoms. The first kappa shape index (κ1) is 15.5. The quantitative estimate of drug-likeness (QED) is 0.832. The Morgan fingerprint density at radius 3 is 2.50 bits per heavy atom. The van der Waals surface area contributed by atoms with Crippen molar-refractivity contribution in [2.45, 2.75) is 19.6 Å². The molecule has 0 saturated carbocycles. The van der Waals surface area contributed by atoms with Crippen molar-refractivity contribution in [2.24, 2.45) is 0 Å². The van der Waals surface area contributed by atoms with Crippen LogP contribution in [0.1, 0.15) is 18.1 Å². The smallest absolute Gasteiger partial charge is 0.284 e. The van der Waals surface area contributed by atoms with Gasteiger partial charge in [-0.1, -0.05) is 30.3 Å². The zero-order valence-corrected chi connectivity index (χ0v) is 12.2. The summed E-state index contributed by atoms with van der Waals surface area (Å²) < 4.78 is 5.48. The van der Waals surface area contributed by atoms with E-state index in [1.165, 1.54) is 0 Å². The van der Waals surface area contributed by atoms with Gasteiger partial charge in [0.15, 0.2) is 6.10 Å². The molecule has 5 nitrogen and oxygen atoms in total. The summed E-state index contributed by atoms with van der Waals surface area (Å²) in [6, 6.07) is 18.1. The van der Waals surface area contributed by atoms with Gasteiger partial charge in [-0.25, -0.2) is 5.48 Å². The van der Waals surface area contributed by atoms with Gasteiger partial charge in [0.05, 0.1) is 18.2 Å². The second kappa shape index (κ2) is 7.81. The highest BCUT2D eigenvalue weighted by Crippen LogP contribution is 2.13. The van der Waals surface area contributed by atoms with Gasteiger partial charge >= 0.3 is 0 Å². The number of nitriles is 1. The molecule has 2 aromatic carbocycles. The van der Waals surface area contributed by atoms with Crippen LogP contribution >= 0.6 is 0 Å². The number of rotatable bonds is 6. The minimum Gasteiger partial charge on any atom is -0.481 e. The van der Waals surface area contributed by atoms with Gasteiger partial charge in [-0.05, 0) is 36.8 Å². The van der Waals surface area contributed by atoms with E-state index in [-0.39, 0.29) is 12.5 Å². The molecule has 1 N–H and O–H groups in total. The number of carbonyl (C=O) groups excluding carboxylic acids is 1. The molecule has 0 spiro atoms. The largest absolute Gasteiger partial charge is 0.481 e. The Labute approximate surface area is 129 Å². The lowest BCUT2D eigenvalue weighted by Crippen LogP contribution is -2.36. The summed E-state index contributed by atoms with van der Waals surface area (Å²) in [5.41, 5.74) is 3.86. The van der Waals surface area contributed by atoms with Crippen LogP contribution in [0.25, 0.3) is 0 Å². The molecule has 0 aliphatic rings. The Morgan fingerprint density at radius 2 is 1.86 bits per heavy atom. The standard InChI is InChI=1S/C17H16N2O3/c1-13(22-16-9-7-14(11-18)8-10-16)17(20)19-21-12-15-5-3-2-4-6-15/h2-10,13H,12H2,1H3,(H,19,20). The first-order chi connectivity index (χ1) is 10.7. The average Bonchev–Trinajstić information content (AvgIpc) is 2.56. The van der Waals surface area contributed by atoms with Crippen molar-refractivity contribution in [3.63, 3.8) is 0 Å². The van der Waals surface area contributed by atoms with E-state index >= 15 is 0 Å². The van der Waals surface area contributed by atoms with Crippen LogP contribution in [0.5, 0.6) is 5.75 Å².